The first-order chi connectivity index (χ1) is 9.43. The maximum Gasteiger partial charge on any atom is 0.105 e. The lowest BCUT2D eigenvalue weighted by atomic mass is 9.93. The third kappa shape index (κ3) is 4.48. The summed E-state index contributed by atoms with van der Waals surface area (Å²) in [5, 5.41) is 0. The smallest absolute Gasteiger partial charge is 0.105 e. The van der Waals surface area contributed by atoms with Crippen LogP contribution in [0.2, 0.25) is 0 Å². The quantitative estimate of drug-likeness (QED) is 0.421. The molecule has 0 saturated carbocycles. The third-order valence-corrected chi connectivity index (χ3v) is 3.65. The maximum atomic E-state index is 5.36. The lowest BCUT2D eigenvalue weighted by Crippen LogP contribution is -2.45. The third-order valence-electron chi connectivity index (χ3n) is 3.65. The van der Waals surface area contributed by atoms with Crippen molar-refractivity contribution in [2.45, 2.75) is 52.1 Å². The van der Waals surface area contributed by atoms with Crippen LogP contribution in [0.25, 0.3) is 0 Å². The Kier molecular flexibility index (Phi) is 6.47. The molecule has 0 aromatic carbocycles. The van der Waals surface area contributed by atoms with Gasteiger partial charge in [0.2, 0.25) is 0 Å². The Morgan fingerprint density at radius 2 is 2.15 bits per heavy atom. The van der Waals surface area contributed by atoms with Gasteiger partial charge in [-0.2, -0.15) is 0 Å². The zero-order chi connectivity index (χ0) is 15.2. The molecule has 0 aromatic heterocycles. The Hall–Kier alpha value is -1.09. The zero-order valence-corrected chi connectivity index (χ0v) is 13.6. The lowest BCUT2D eigenvalue weighted by molar-refractivity contribution is 0.141. The average molecular weight is 278 g/mol. The molecule has 1 rings (SSSR count). The van der Waals surface area contributed by atoms with Crippen molar-refractivity contribution in [3.63, 3.8) is 0 Å². The van der Waals surface area contributed by atoms with Gasteiger partial charge in [0.15, 0.2) is 0 Å². The van der Waals surface area contributed by atoms with E-state index in [9.17, 15) is 0 Å². The van der Waals surface area contributed by atoms with Crippen LogP contribution in [-0.4, -0.2) is 43.1 Å². The number of ether oxygens (including phenoxy) is 1. The summed E-state index contributed by atoms with van der Waals surface area (Å²) >= 11 is 0. The number of likely N-dealkylation sites (tertiary alicyclic amines) is 1. The molecule has 0 bridgehead atoms. The lowest BCUT2D eigenvalue weighted by Gasteiger charge is -2.35. The van der Waals surface area contributed by atoms with Gasteiger partial charge in [0, 0.05) is 19.1 Å². The molecule has 0 aliphatic carbocycles. The fraction of sp³-hybridized carbons (Fsp3) is 0.706. The Labute approximate surface area is 124 Å². The molecule has 20 heavy (non-hydrogen) atoms. The molecule has 0 amide bonds. The molecular formula is C17H30N2O. The van der Waals surface area contributed by atoms with Crippen molar-refractivity contribution in [2.75, 3.05) is 20.3 Å². The minimum atomic E-state index is 0.0265. The molecule has 1 heterocycles. The van der Waals surface area contributed by atoms with Crippen LogP contribution in [0.3, 0.4) is 0 Å². The van der Waals surface area contributed by atoms with Gasteiger partial charge in [-0.15, -0.1) is 13.2 Å². The van der Waals surface area contributed by atoms with Gasteiger partial charge >= 0.3 is 0 Å². The second kappa shape index (κ2) is 7.63. The molecule has 1 saturated heterocycles. The van der Waals surface area contributed by atoms with E-state index in [-0.39, 0.29) is 11.5 Å². The van der Waals surface area contributed by atoms with Gasteiger partial charge in [-0.1, -0.05) is 32.9 Å². The molecular weight excluding hydrogens is 248 g/mol. The van der Waals surface area contributed by atoms with Crippen molar-refractivity contribution < 1.29 is 4.74 Å². The number of amidine groups is 1. The molecule has 114 valence electrons. The van der Waals surface area contributed by atoms with E-state index in [4.69, 9.17) is 9.73 Å². The van der Waals surface area contributed by atoms with Crippen LogP contribution in [0.1, 0.15) is 40.0 Å². The Bertz CT molecular complexity index is 354. The number of hydrogen-bond donors (Lipinski definition) is 0. The first kappa shape index (κ1) is 17.0. The Balaban J connectivity index is 3.02. The van der Waals surface area contributed by atoms with Crippen LogP contribution >= 0.6 is 0 Å². The molecule has 1 fully saturated rings. The van der Waals surface area contributed by atoms with Gasteiger partial charge < -0.3 is 9.64 Å². The number of hydrogen-bond acceptors (Lipinski definition) is 2. The summed E-state index contributed by atoms with van der Waals surface area (Å²) in [6, 6.07) is 0.567. The van der Waals surface area contributed by atoms with Crippen LogP contribution in [0.15, 0.2) is 30.3 Å². The predicted molar refractivity (Wildman–Crippen MR) is 87.3 cm³/mol. The summed E-state index contributed by atoms with van der Waals surface area (Å²) in [5.41, 5.74) is 0.0265. The second-order valence-corrected chi connectivity index (χ2v) is 6.47. The standard InChI is InChI=1S/C17H30N2O/c1-7-10-14(8-2)18-16(17(3,4)5)19-12-9-11-15(19)13-20-6/h7-8,14-15H,1-2,9-13H2,3-6H3/t14-,15-/m0/s1. The van der Waals surface area contributed by atoms with Crippen molar-refractivity contribution in [1.82, 2.24) is 4.90 Å². The van der Waals surface area contributed by atoms with Gasteiger partial charge in [-0.25, -0.2) is 0 Å². The number of methoxy groups -OCH3 is 1. The van der Waals surface area contributed by atoms with Crippen molar-refractivity contribution in [1.29, 1.82) is 0 Å². The molecule has 3 heteroatoms. The van der Waals surface area contributed by atoms with E-state index >= 15 is 0 Å². The van der Waals surface area contributed by atoms with Crippen molar-refractivity contribution in [2.24, 2.45) is 10.4 Å². The van der Waals surface area contributed by atoms with Crippen molar-refractivity contribution >= 4 is 5.84 Å². The molecule has 0 aromatic rings. The van der Waals surface area contributed by atoms with Crippen LogP contribution in [0, 0.1) is 5.41 Å². The largest absolute Gasteiger partial charge is 0.383 e. The minimum Gasteiger partial charge on any atom is -0.383 e. The SMILES string of the molecule is C=CC[C@H](C=C)N=C(N1CCC[C@H]1COC)C(C)(C)C. The molecule has 0 unspecified atom stereocenters. The van der Waals surface area contributed by atoms with Gasteiger partial charge in [0.1, 0.15) is 5.84 Å². The van der Waals surface area contributed by atoms with E-state index in [0.717, 1.165) is 19.6 Å². The van der Waals surface area contributed by atoms with E-state index in [2.05, 4.69) is 38.8 Å². The van der Waals surface area contributed by atoms with Crippen molar-refractivity contribution in [3.8, 4) is 0 Å². The highest BCUT2D eigenvalue weighted by Gasteiger charge is 2.33. The van der Waals surface area contributed by atoms with Crippen LogP contribution in [0.5, 0.6) is 0 Å². The predicted octanol–water partition coefficient (Wildman–Crippen LogP) is 3.67. The molecule has 0 N–H and O–H groups in total. The first-order valence-electron chi connectivity index (χ1n) is 7.51. The Morgan fingerprint density at radius 3 is 2.65 bits per heavy atom. The van der Waals surface area contributed by atoms with Crippen LogP contribution < -0.4 is 0 Å². The van der Waals surface area contributed by atoms with Gasteiger partial charge in [0.05, 0.1) is 18.7 Å². The highest BCUT2D eigenvalue weighted by Crippen LogP contribution is 2.27. The normalized spacial score (nSPS) is 21.9. The van der Waals surface area contributed by atoms with E-state index < -0.39 is 0 Å². The van der Waals surface area contributed by atoms with Gasteiger partial charge in [0.25, 0.3) is 0 Å². The van der Waals surface area contributed by atoms with Gasteiger partial charge in [-0.3, -0.25) is 4.99 Å². The summed E-state index contributed by atoms with van der Waals surface area (Å²) in [6.07, 6.45) is 7.06. The number of nitrogens with zero attached hydrogens (tertiary/aromatic N) is 2. The van der Waals surface area contributed by atoms with Crippen LogP contribution in [-0.2, 0) is 4.74 Å². The maximum absolute atomic E-state index is 5.36. The van der Waals surface area contributed by atoms with E-state index in [0.29, 0.717) is 6.04 Å². The van der Waals surface area contributed by atoms with E-state index in [1.54, 1.807) is 7.11 Å². The molecule has 2 atom stereocenters. The first-order valence-corrected chi connectivity index (χ1v) is 7.51. The van der Waals surface area contributed by atoms with E-state index in [1.165, 1.54) is 18.7 Å². The highest BCUT2D eigenvalue weighted by atomic mass is 16.5. The average Bonchev–Trinajstić information content (AvgIpc) is 2.81. The molecule has 3 nitrogen and oxygen atoms in total. The van der Waals surface area contributed by atoms with Gasteiger partial charge in [-0.05, 0) is 19.3 Å². The number of rotatable bonds is 6. The summed E-state index contributed by atoms with van der Waals surface area (Å²) < 4.78 is 5.36. The monoisotopic (exact) mass is 278 g/mol. The second-order valence-electron chi connectivity index (χ2n) is 6.47. The molecule has 1 aliphatic rings. The fourth-order valence-electron chi connectivity index (χ4n) is 2.71. The molecule has 0 radical (unpaired) electrons. The number of aliphatic imine (C=N–C) groups is 1. The summed E-state index contributed by atoms with van der Waals surface area (Å²) in [5.74, 6) is 1.17. The molecule has 0 spiro atoms. The van der Waals surface area contributed by atoms with Crippen molar-refractivity contribution in [3.05, 3.63) is 25.3 Å². The summed E-state index contributed by atoms with van der Waals surface area (Å²) in [7, 11) is 1.77. The summed E-state index contributed by atoms with van der Waals surface area (Å²) in [6.45, 7) is 16.2. The Morgan fingerprint density at radius 1 is 1.45 bits per heavy atom. The topological polar surface area (TPSA) is 24.8 Å². The van der Waals surface area contributed by atoms with E-state index in [1.807, 2.05) is 12.2 Å². The minimum absolute atomic E-state index is 0.0265. The van der Waals surface area contributed by atoms with Crippen LogP contribution in [0.4, 0.5) is 0 Å². The zero-order valence-electron chi connectivity index (χ0n) is 13.6. The fourth-order valence-corrected chi connectivity index (χ4v) is 2.71. The summed E-state index contributed by atoms with van der Waals surface area (Å²) in [4.78, 5) is 7.40. The molecule has 1 aliphatic heterocycles. The highest BCUT2D eigenvalue weighted by molar-refractivity contribution is 5.88.